The number of halogens is 1. The summed E-state index contributed by atoms with van der Waals surface area (Å²) in [7, 11) is -3.86. The average Bonchev–Trinajstić information content (AvgIpc) is 3.25. The lowest BCUT2D eigenvalue weighted by Crippen LogP contribution is -2.42. The number of carboxylic acid groups (broad SMARTS) is 2. The first kappa shape index (κ1) is 57.6. The Hall–Kier alpha value is -4.42. The van der Waals surface area contributed by atoms with Crippen LogP contribution in [0, 0.1) is 0 Å². The highest BCUT2D eigenvalue weighted by Gasteiger charge is 2.20. The van der Waals surface area contributed by atoms with Gasteiger partial charge in [0.2, 0.25) is 39.6 Å². The van der Waals surface area contributed by atoms with Crippen LogP contribution in [0.25, 0.3) is 0 Å². The average molecular weight is 997 g/mol. The van der Waals surface area contributed by atoms with Gasteiger partial charge in [-0.05, 0) is 62.8 Å². The molecule has 0 aliphatic heterocycles. The number of unbranched alkanes of at least 4 members (excludes halogenated alkanes) is 7. The summed E-state index contributed by atoms with van der Waals surface area (Å²) in [4.78, 5) is 81.6. The molecule has 0 saturated heterocycles. The van der Waals surface area contributed by atoms with Gasteiger partial charge in [0.05, 0.1) is 62.9 Å². The number of aliphatic carboxylic acids is 1. The van der Waals surface area contributed by atoms with Gasteiger partial charge in [-0.2, -0.15) is 0 Å². The van der Waals surface area contributed by atoms with Crippen LogP contribution in [0.2, 0.25) is 0 Å². The van der Waals surface area contributed by atoms with Crippen molar-refractivity contribution < 1.29 is 75.9 Å². The van der Waals surface area contributed by atoms with Gasteiger partial charge >= 0.3 is 11.9 Å². The molecule has 0 unspecified atom stereocenters. The van der Waals surface area contributed by atoms with Gasteiger partial charge in [-0.25, -0.2) is 18.0 Å². The van der Waals surface area contributed by atoms with Gasteiger partial charge in [0.15, 0.2) is 0 Å². The third-order valence-electron chi connectivity index (χ3n) is 8.85. The minimum absolute atomic E-state index is 0.0385. The summed E-state index contributed by atoms with van der Waals surface area (Å²) in [6.07, 6.45) is 7.46. The van der Waals surface area contributed by atoms with E-state index in [1.807, 2.05) is 0 Å². The van der Waals surface area contributed by atoms with E-state index in [2.05, 4.69) is 41.9 Å². The van der Waals surface area contributed by atoms with Crippen molar-refractivity contribution in [2.45, 2.75) is 89.5 Å². The number of sulfonamides is 1. The molecule has 0 bridgehead atoms. The second kappa shape index (κ2) is 36.9. The molecule has 0 spiro atoms. The minimum Gasteiger partial charge on any atom is -0.494 e. The molecule has 1 aromatic carbocycles. The van der Waals surface area contributed by atoms with Crippen molar-refractivity contribution in [3.05, 3.63) is 29.8 Å². The Labute approximate surface area is 383 Å². The van der Waals surface area contributed by atoms with E-state index in [0.29, 0.717) is 38.2 Å². The molecule has 0 aromatic heterocycles. The zero-order valence-electron chi connectivity index (χ0n) is 36.4. The molecule has 0 heterocycles. The van der Waals surface area contributed by atoms with Gasteiger partial charge in [-0.15, -0.1) is 0 Å². The molecule has 0 saturated carbocycles. The van der Waals surface area contributed by atoms with Crippen molar-refractivity contribution in [1.82, 2.24) is 26.0 Å². The summed E-state index contributed by atoms with van der Waals surface area (Å²) in [5.41, 5.74) is 0.207. The van der Waals surface area contributed by atoms with E-state index in [1.165, 1.54) is 12.1 Å². The predicted octanol–water partition coefficient (Wildman–Crippen LogP) is 1.66. The molecule has 5 amide bonds. The normalized spacial score (nSPS) is 11.6. The highest BCUT2D eigenvalue weighted by Crippen LogP contribution is 2.14. The second-order valence-corrected chi connectivity index (χ2v) is 16.7. The maximum absolute atomic E-state index is 12.3. The van der Waals surface area contributed by atoms with Crippen molar-refractivity contribution in [3.63, 3.8) is 0 Å². The van der Waals surface area contributed by atoms with Crippen LogP contribution in [0.15, 0.2) is 24.3 Å². The topological polar surface area (TPSA) is 300 Å². The van der Waals surface area contributed by atoms with Gasteiger partial charge in [0.1, 0.15) is 25.0 Å². The van der Waals surface area contributed by atoms with Crippen molar-refractivity contribution in [2.75, 3.05) is 90.2 Å². The number of aromatic carboxylic acids is 1. The smallest absolute Gasteiger partial charge is 0.335 e. The van der Waals surface area contributed by atoms with Gasteiger partial charge in [-0.1, -0.05) is 48.0 Å². The Bertz CT molecular complexity index is 1640. The summed E-state index contributed by atoms with van der Waals surface area (Å²) < 4.78 is 53.3. The van der Waals surface area contributed by atoms with E-state index < -0.39 is 39.8 Å². The van der Waals surface area contributed by atoms with Crippen LogP contribution in [-0.2, 0) is 57.7 Å². The van der Waals surface area contributed by atoms with Crippen LogP contribution in [-0.4, -0.2) is 156 Å². The summed E-state index contributed by atoms with van der Waals surface area (Å²) in [5, 5.41) is 28.7. The standard InChI is InChI=1S/C41H66BrN5O16S/c42-29-37(50)43-18-8-7-11-34(41(55)56)46-39(52)31-62-27-25-60-23-20-45-38(51)30-61-26-24-59-22-19-44-35(48)13-10-28-64(57,58)47-36(49)12-6-4-2-1-3-5-9-21-63-33-16-14-32(15-17-33)40(53)54/h14-17,34H,1-13,18-31H2,(H,43,50)(H,44,48)(H,45,51)(H,46,52)(H,47,49)(H,53,54)(H,55,56)/t34-/m1/s1. The fourth-order valence-electron chi connectivity index (χ4n) is 5.53. The Kier molecular flexibility index (Phi) is 33.2. The number of amides is 5. The summed E-state index contributed by atoms with van der Waals surface area (Å²) in [6.45, 7) is 1.67. The zero-order valence-corrected chi connectivity index (χ0v) is 38.8. The number of hydrogen-bond acceptors (Lipinski definition) is 14. The molecule has 64 heavy (non-hydrogen) atoms. The zero-order chi connectivity index (χ0) is 47.3. The van der Waals surface area contributed by atoms with Crippen molar-refractivity contribution in [1.29, 1.82) is 0 Å². The molecular weight excluding hydrogens is 930 g/mol. The van der Waals surface area contributed by atoms with E-state index in [9.17, 15) is 47.1 Å². The number of carboxylic acids is 2. The molecule has 0 fully saturated rings. The Balaban J connectivity index is 1.93. The number of benzene rings is 1. The monoisotopic (exact) mass is 995 g/mol. The molecule has 0 aliphatic rings. The molecule has 1 rings (SSSR count). The van der Waals surface area contributed by atoms with Crippen molar-refractivity contribution >= 4 is 67.4 Å². The lowest BCUT2D eigenvalue weighted by atomic mass is 10.1. The van der Waals surface area contributed by atoms with Gasteiger partial charge in [-0.3, -0.25) is 28.7 Å². The number of nitrogens with one attached hydrogen (secondary N) is 5. The highest BCUT2D eigenvalue weighted by molar-refractivity contribution is 9.09. The summed E-state index contributed by atoms with van der Waals surface area (Å²) in [5.74, 6) is -3.92. The largest absolute Gasteiger partial charge is 0.494 e. The third kappa shape index (κ3) is 33.1. The van der Waals surface area contributed by atoms with Crippen LogP contribution in [0.5, 0.6) is 5.75 Å². The maximum Gasteiger partial charge on any atom is 0.335 e. The van der Waals surface area contributed by atoms with Crippen LogP contribution >= 0.6 is 15.9 Å². The Morgan fingerprint density at radius 3 is 1.72 bits per heavy atom. The van der Waals surface area contributed by atoms with Crippen molar-refractivity contribution in [2.24, 2.45) is 0 Å². The Morgan fingerprint density at radius 1 is 0.562 bits per heavy atom. The first-order valence-electron chi connectivity index (χ1n) is 21.4. The number of hydrogen-bond donors (Lipinski definition) is 7. The molecule has 0 radical (unpaired) electrons. The molecule has 23 heteroatoms. The number of ether oxygens (including phenoxy) is 5. The van der Waals surface area contributed by atoms with Crippen LogP contribution in [0.3, 0.4) is 0 Å². The minimum atomic E-state index is -3.86. The van der Waals surface area contributed by atoms with Gasteiger partial charge in [0.25, 0.3) is 0 Å². The van der Waals surface area contributed by atoms with Crippen LogP contribution in [0.1, 0.15) is 93.8 Å². The lowest BCUT2D eigenvalue weighted by Gasteiger charge is -2.14. The van der Waals surface area contributed by atoms with E-state index in [1.54, 1.807) is 12.1 Å². The lowest BCUT2D eigenvalue weighted by molar-refractivity contribution is -0.142. The third-order valence-corrected chi connectivity index (χ3v) is 10.7. The van der Waals surface area contributed by atoms with E-state index in [-0.39, 0.29) is 126 Å². The SMILES string of the molecule is O=C(CBr)NCCCC[C@@H](NC(=O)COCCOCCNC(=O)COCCOCCNC(=O)CCCS(=O)(=O)NC(=O)CCCCCCCCCOc1ccc(C(=O)O)cc1)C(=O)O. The second-order valence-electron chi connectivity index (χ2n) is 14.3. The fraction of sp³-hybridized carbons (Fsp3) is 0.683. The number of carbonyl (C=O) groups excluding carboxylic acids is 5. The molecule has 1 atom stereocenters. The molecule has 7 N–H and O–H groups in total. The summed E-state index contributed by atoms with van der Waals surface area (Å²) >= 11 is 3.03. The number of carbonyl (C=O) groups is 7. The Morgan fingerprint density at radius 2 is 1.11 bits per heavy atom. The molecule has 21 nitrogen and oxygen atoms in total. The van der Waals surface area contributed by atoms with Crippen molar-refractivity contribution in [3.8, 4) is 5.75 Å². The highest BCUT2D eigenvalue weighted by atomic mass is 79.9. The first-order valence-corrected chi connectivity index (χ1v) is 24.2. The summed E-state index contributed by atoms with van der Waals surface area (Å²) in [6, 6.07) is 5.19. The first-order chi connectivity index (χ1) is 30.7. The van der Waals surface area contributed by atoms with Crippen LogP contribution in [0.4, 0.5) is 0 Å². The van der Waals surface area contributed by atoms with Crippen LogP contribution < -0.4 is 30.7 Å². The maximum atomic E-state index is 12.3. The molecule has 1 aromatic rings. The van der Waals surface area contributed by atoms with Gasteiger partial charge < -0.3 is 55.2 Å². The number of rotatable bonds is 41. The molecular formula is C41H66BrN5O16S. The quantitative estimate of drug-likeness (QED) is 0.0363. The molecule has 364 valence electrons. The number of alkyl halides is 1. The van der Waals surface area contributed by atoms with E-state index in [4.69, 9.17) is 28.8 Å². The fourth-order valence-corrected chi connectivity index (χ4v) is 6.80. The van der Waals surface area contributed by atoms with E-state index in [0.717, 1.165) is 38.5 Å². The molecule has 0 aliphatic carbocycles. The van der Waals surface area contributed by atoms with E-state index >= 15 is 0 Å². The predicted molar refractivity (Wildman–Crippen MR) is 237 cm³/mol. The van der Waals surface area contributed by atoms with Gasteiger partial charge in [0, 0.05) is 32.5 Å².